The molecule has 0 aromatic heterocycles. The van der Waals surface area contributed by atoms with E-state index in [2.05, 4.69) is 17.1 Å². The van der Waals surface area contributed by atoms with Crippen LogP contribution < -0.4 is 5.32 Å². The average Bonchev–Trinajstić information content (AvgIpc) is 2.46. The van der Waals surface area contributed by atoms with Crippen molar-refractivity contribution >= 4 is 11.6 Å². The fraction of sp³-hybridized carbons (Fsp3) is 0.562. The van der Waals surface area contributed by atoms with Gasteiger partial charge in [0.2, 0.25) is 5.91 Å². The number of carbonyl (C=O) groups is 1. The summed E-state index contributed by atoms with van der Waals surface area (Å²) in [6, 6.07) is 4.23. The van der Waals surface area contributed by atoms with Gasteiger partial charge < -0.3 is 5.32 Å². The van der Waals surface area contributed by atoms with E-state index in [0.29, 0.717) is 11.6 Å². The zero-order valence-corrected chi connectivity index (χ0v) is 12.8. The third-order valence-corrected chi connectivity index (χ3v) is 4.10. The first-order valence-corrected chi connectivity index (χ1v) is 7.49. The molecule has 0 aliphatic carbocycles. The van der Waals surface area contributed by atoms with Gasteiger partial charge in [-0.3, -0.25) is 9.69 Å². The van der Waals surface area contributed by atoms with Crippen LogP contribution in [0, 0.1) is 5.92 Å². The van der Waals surface area contributed by atoms with Crippen LogP contribution in [0.15, 0.2) is 24.3 Å². The van der Waals surface area contributed by atoms with Gasteiger partial charge >= 0.3 is 6.18 Å². The zero-order valence-electron chi connectivity index (χ0n) is 12.8. The zero-order chi connectivity index (χ0) is 16.3. The van der Waals surface area contributed by atoms with Crippen LogP contribution in [0.5, 0.6) is 0 Å². The largest absolute Gasteiger partial charge is 0.416 e. The van der Waals surface area contributed by atoms with Gasteiger partial charge in [-0.05, 0) is 56.5 Å². The summed E-state index contributed by atoms with van der Waals surface area (Å²) in [7, 11) is 0. The second kappa shape index (κ2) is 6.69. The Kier molecular flexibility index (Phi) is 5.11. The van der Waals surface area contributed by atoms with Gasteiger partial charge in [0.05, 0.1) is 11.6 Å². The van der Waals surface area contributed by atoms with Gasteiger partial charge in [-0.15, -0.1) is 0 Å². The van der Waals surface area contributed by atoms with Crippen LogP contribution >= 0.6 is 0 Å². The van der Waals surface area contributed by atoms with E-state index < -0.39 is 11.7 Å². The average molecular weight is 314 g/mol. The Bertz CT molecular complexity index is 513. The molecule has 1 aromatic rings. The standard InChI is InChI=1S/C16H21F3N2O/c1-11-4-3-9-21(10-11)12(2)15(22)20-14-7-5-13(6-8-14)16(17,18)19/h5-8,11-12H,3-4,9-10H2,1-2H3,(H,20,22)/t11-,12-/m1/s1. The highest BCUT2D eigenvalue weighted by Gasteiger charge is 2.30. The van der Waals surface area contributed by atoms with Crippen molar-refractivity contribution in [2.45, 2.75) is 38.9 Å². The molecular formula is C16H21F3N2O. The Labute approximate surface area is 128 Å². The van der Waals surface area contributed by atoms with E-state index in [9.17, 15) is 18.0 Å². The first-order chi connectivity index (χ1) is 10.3. The number of halogens is 3. The number of anilines is 1. The number of likely N-dealkylation sites (tertiary alicyclic amines) is 1. The Morgan fingerprint density at radius 2 is 1.95 bits per heavy atom. The van der Waals surface area contributed by atoms with Crippen LogP contribution in [0.25, 0.3) is 0 Å². The van der Waals surface area contributed by atoms with Gasteiger partial charge in [0.15, 0.2) is 0 Å². The van der Waals surface area contributed by atoms with Crippen LogP contribution in [0.3, 0.4) is 0 Å². The molecule has 2 rings (SSSR count). The SMILES string of the molecule is C[C@@H]1CCCN([C@H](C)C(=O)Nc2ccc(C(F)(F)F)cc2)C1. The first kappa shape index (κ1) is 16.8. The molecule has 1 heterocycles. The number of alkyl halides is 3. The lowest BCUT2D eigenvalue weighted by Crippen LogP contribution is -2.46. The second-order valence-corrected chi connectivity index (χ2v) is 5.98. The summed E-state index contributed by atoms with van der Waals surface area (Å²) < 4.78 is 37.5. The highest BCUT2D eigenvalue weighted by atomic mass is 19.4. The van der Waals surface area contributed by atoms with Crippen LogP contribution in [0.1, 0.15) is 32.3 Å². The fourth-order valence-corrected chi connectivity index (χ4v) is 2.73. The molecule has 0 spiro atoms. The molecule has 22 heavy (non-hydrogen) atoms. The van der Waals surface area contributed by atoms with E-state index >= 15 is 0 Å². The Hall–Kier alpha value is -1.56. The molecule has 1 aliphatic heterocycles. The molecular weight excluding hydrogens is 293 g/mol. The summed E-state index contributed by atoms with van der Waals surface area (Å²) in [6.45, 7) is 5.75. The summed E-state index contributed by atoms with van der Waals surface area (Å²) in [5, 5.41) is 2.68. The van der Waals surface area contributed by atoms with Crippen molar-refractivity contribution in [3.8, 4) is 0 Å². The summed E-state index contributed by atoms with van der Waals surface area (Å²) in [5.74, 6) is 0.379. The Morgan fingerprint density at radius 3 is 2.50 bits per heavy atom. The van der Waals surface area contributed by atoms with Crippen molar-refractivity contribution in [3.05, 3.63) is 29.8 Å². The maximum atomic E-state index is 12.5. The normalized spacial score (nSPS) is 21.4. The minimum absolute atomic E-state index is 0.186. The highest BCUT2D eigenvalue weighted by Crippen LogP contribution is 2.29. The summed E-state index contributed by atoms with van der Waals surface area (Å²) in [5.41, 5.74) is -0.335. The third-order valence-electron chi connectivity index (χ3n) is 4.10. The molecule has 0 unspecified atom stereocenters. The molecule has 0 saturated carbocycles. The molecule has 1 fully saturated rings. The lowest BCUT2D eigenvalue weighted by molar-refractivity contribution is -0.137. The number of nitrogens with zero attached hydrogens (tertiary/aromatic N) is 1. The molecule has 0 radical (unpaired) electrons. The number of hydrogen-bond acceptors (Lipinski definition) is 2. The molecule has 1 aromatic carbocycles. The molecule has 122 valence electrons. The molecule has 0 bridgehead atoms. The molecule has 1 amide bonds. The lowest BCUT2D eigenvalue weighted by atomic mass is 9.99. The van der Waals surface area contributed by atoms with Crippen LogP contribution in [0.4, 0.5) is 18.9 Å². The number of nitrogens with one attached hydrogen (secondary N) is 1. The number of piperidine rings is 1. The fourth-order valence-electron chi connectivity index (χ4n) is 2.73. The van der Waals surface area contributed by atoms with Crippen LogP contribution in [-0.2, 0) is 11.0 Å². The van der Waals surface area contributed by atoms with Crippen molar-refractivity contribution in [2.75, 3.05) is 18.4 Å². The van der Waals surface area contributed by atoms with Crippen molar-refractivity contribution < 1.29 is 18.0 Å². The Morgan fingerprint density at radius 1 is 1.32 bits per heavy atom. The second-order valence-electron chi connectivity index (χ2n) is 5.98. The van der Waals surface area contributed by atoms with E-state index in [1.54, 1.807) is 0 Å². The molecule has 2 atom stereocenters. The van der Waals surface area contributed by atoms with Gasteiger partial charge in [0, 0.05) is 12.2 Å². The minimum Gasteiger partial charge on any atom is -0.325 e. The molecule has 1 aliphatic rings. The van der Waals surface area contributed by atoms with E-state index in [1.165, 1.54) is 18.6 Å². The topological polar surface area (TPSA) is 32.3 Å². The number of carbonyl (C=O) groups excluding carboxylic acids is 1. The number of amides is 1. The minimum atomic E-state index is -4.36. The predicted octanol–water partition coefficient (Wildman–Crippen LogP) is 3.76. The molecule has 3 nitrogen and oxygen atoms in total. The van der Waals surface area contributed by atoms with Gasteiger partial charge in [-0.1, -0.05) is 6.92 Å². The van der Waals surface area contributed by atoms with Gasteiger partial charge in [-0.25, -0.2) is 0 Å². The number of benzene rings is 1. The van der Waals surface area contributed by atoms with Crippen molar-refractivity contribution in [1.29, 1.82) is 0 Å². The smallest absolute Gasteiger partial charge is 0.325 e. The molecule has 6 heteroatoms. The van der Waals surface area contributed by atoms with Gasteiger partial charge in [0.1, 0.15) is 0 Å². The van der Waals surface area contributed by atoms with E-state index in [-0.39, 0.29) is 11.9 Å². The Balaban J connectivity index is 1.96. The molecule has 1 saturated heterocycles. The lowest BCUT2D eigenvalue weighted by Gasteiger charge is -2.34. The maximum absolute atomic E-state index is 12.5. The van der Waals surface area contributed by atoms with Crippen molar-refractivity contribution in [1.82, 2.24) is 4.90 Å². The van der Waals surface area contributed by atoms with Crippen LogP contribution in [0.2, 0.25) is 0 Å². The summed E-state index contributed by atoms with van der Waals surface area (Å²) >= 11 is 0. The highest BCUT2D eigenvalue weighted by molar-refractivity contribution is 5.94. The van der Waals surface area contributed by atoms with E-state index in [4.69, 9.17) is 0 Å². The number of rotatable bonds is 3. The van der Waals surface area contributed by atoms with Gasteiger partial charge in [0.25, 0.3) is 0 Å². The first-order valence-electron chi connectivity index (χ1n) is 7.49. The van der Waals surface area contributed by atoms with Gasteiger partial charge in [-0.2, -0.15) is 13.2 Å². The monoisotopic (exact) mass is 314 g/mol. The van der Waals surface area contributed by atoms with E-state index in [0.717, 1.165) is 31.6 Å². The van der Waals surface area contributed by atoms with Crippen LogP contribution in [-0.4, -0.2) is 29.9 Å². The quantitative estimate of drug-likeness (QED) is 0.921. The maximum Gasteiger partial charge on any atom is 0.416 e. The summed E-state index contributed by atoms with van der Waals surface area (Å²) in [4.78, 5) is 14.3. The van der Waals surface area contributed by atoms with Crippen molar-refractivity contribution in [3.63, 3.8) is 0 Å². The predicted molar refractivity (Wildman–Crippen MR) is 79.5 cm³/mol. The van der Waals surface area contributed by atoms with Crippen molar-refractivity contribution in [2.24, 2.45) is 5.92 Å². The molecule has 1 N–H and O–H groups in total. The third kappa shape index (κ3) is 4.22. The number of hydrogen-bond donors (Lipinski definition) is 1. The summed E-state index contributed by atoms with van der Waals surface area (Å²) in [6.07, 6.45) is -2.12. The van der Waals surface area contributed by atoms with E-state index in [1.807, 2.05) is 6.92 Å².